The highest BCUT2D eigenvalue weighted by atomic mass is 16.6. The number of hydrogen-bond donors (Lipinski definition) is 1. The molecule has 8 nitrogen and oxygen atoms in total. The Labute approximate surface area is 172 Å². The average molecular weight is 405 g/mol. The molecule has 0 amide bonds. The number of esters is 1. The van der Waals surface area contributed by atoms with Crippen molar-refractivity contribution in [3.8, 4) is 11.5 Å². The van der Waals surface area contributed by atoms with E-state index in [0.29, 0.717) is 5.75 Å². The molecule has 30 heavy (non-hydrogen) atoms. The number of nitrogens with zero attached hydrogens (tertiary/aromatic N) is 2. The Bertz CT molecular complexity index is 1090. The molecule has 0 radical (unpaired) electrons. The largest absolute Gasteiger partial charge is 0.493 e. The van der Waals surface area contributed by atoms with Crippen molar-refractivity contribution in [3.05, 3.63) is 93.5 Å². The predicted molar refractivity (Wildman–Crippen MR) is 113 cm³/mol. The van der Waals surface area contributed by atoms with Gasteiger partial charge in [-0.05, 0) is 48.9 Å². The Morgan fingerprint density at radius 2 is 1.83 bits per heavy atom. The number of nitro benzene ring substituents is 1. The third-order valence-corrected chi connectivity index (χ3v) is 4.14. The molecule has 0 unspecified atom stereocenters. The van der Waals surface area contributed by atoms with E-state index in [1.807, 2.05) is 31.2 Å². The quantitative estimate of drug-likeness (QED) is 0.203. The molecular weight excluding hydrogens is 386 g/mol. The van der Waals surface area contributed by atoms with Gasteiger partial charge in [-0.3, -0.25) is 15.5 Å². The van der Waals surface area contributed by atoms with Gasteiger partial charge in [0.1, 0.15) is 0 Å². The molecule has 0 aliphatic rings. The van der Waals surface area contributed by atoms with Gasteiger partial charge in [-0.2, -0.15) is 5.10 Å². The molecule has 3 aromatic carbocycles. The van der Waals surface area contributed by atoms with Gasteiger partial charge in [-0.1, -0.05) is 23.8 Å². The van der Waals surface area contributed by atoms with Gasteiger partial charge < -0.3 is 9.47 Å². The molecule has 0 heterocycles. The number of rotatable bonds is 7. The van der Waals surface area contributed by atoms with Crippen LogP contribution in [0.3, 0.4) is 0 Å². The SMILES string of the molecule is COc1cc(C=NNc2ccc(C)cc2)ccc1OC(=O)c1cccc([N+](=O)[O-])c1. The lowest BCUT2D eigenvalue weighted by molar-refractivity contribution is -0.384. The first-order chi connectivity index (χ1) is 14.5. The number of non-ortho nitro benzene ring substituents is 1. The zero-order valence-electron chi connectivity index (χ0n) is 16.4. The van der Waals surface area contributed by atoms with Crippen molar-refractivity contribution in [1.82, 2.24) is 0 Å². The minimum absolute atomic E-state index is 0.0687. The van der Waals surface area contributed by atoms with Crippen molar-refractivity contribution in [2.24, 2.45) is 5.10 Å². The molecule has 3 aromatic rings. The van der Waals surface area contributed by atoms with Gasteiger partial charge in [0, 0.05) is 12.1 Å². The van der Waals surface area contributed by atoms with Gasteiger partial charge in [0.05, 0.1) is 29.5 Å². The number of ether oxygens (including phenoxy) is 2. The van der Waals surface area contributed by atoms with Crippen LogP contribution in [-0.4, -0.2) is 24.2 Å². The summed E-state index contributed by atoms with van der Waals surface area (Å²) < 4.78 is 10.6. The van der Waals surface area contributed by atoms with E-state index in [9.17, 15) is 14.9 Å². The first kappa shape index (κ1) is 20.5. The Kier molecular flexibility index (Phi) is 6.39. The van der Waals surface area contributed by atoms with Crippen LogP contribution in [0.1, 0.15) is 21.5 Å². The highest BCUT2D eigenvalue weighted by molar-refractivity contribution is 5.92. The molecule has 0 aliphatic heterocycles. The zero-order valence-corrected chi connectivity index (χ0v) is 16.4. The van der Waals surface area contributed by atoms with Crippen LogP contribution in [0.25, 0.3) is 0 Å². The van der Waals surface area contributed by atoms with E-state index in [-0.39, 0.29) is 17.0 Å². The number of methoxy groups -OCH3 is 1. The second kappa shape index (κ2) is 9.33. The van der Waals surface area contributed by atoms with Gasteiger partial charge in [0.15, 0.2) is 11.5 Å². The van der Waals surface area contributed by atoms with Crippen LogP contribution in [0, 0.1) is 17.0 Å². The first-order valence-electron chi connectivity index (χ1n) is 8.96. The van der Waals surface area contributed by atoms with E-state index in [2.05, 4.69) is 10.5 Å². The molecule has 0 atom stereocenters. The molecule has 1 N–H and O–H groups in total. The van der Waals surface area contributed by atoms with E-state index >= 15 is 0 Å². The number of anilines is 1. The monoisotopic (exact) mass is 405 g/mol. The molecule has 0 spiro atoms. The molecule has 3 rings (SSSR count). The Hall–Kier alpha value is -4.20. The molecule has 0 bridgehead atoms. The summed E-state index contributed by atoms with van der Waals surface area (Å²) in [5, 5.41) is 15.1. The molecule has 0 aliphatic carbocycles. The maximum Gasteiger partial charge on any atom is 0.343 e. The summed E-state index contributed by atoms with van der Waals surface area (Å²) in [6.45, 7) is 2.01. The normalized spacial score (nSPS) is 10.6. The van der Waals surface area contributed by atoms with Crippen LogP contribution in [0.5, 0.6) is 11.5 Å². The van der Waals surface area contributed by atoms with E-state index < -0.39 is 10.9 Å². The van der Waals surface area contributed by atoms with Crippen LogP contribution >= 0.6 is 0 Å². The predicted octanol–water partition coefficient (Wildman–Crippen LogP) is 4.58. The highest BCUT2D eigenvalue weighted by Gasteiger charge is 2.15. The number of carbonyl (C=O) groups is 1. The second-order valence-corrected chi connectivity index (χ2v) is 6.34. The molecule has 8 heteroatoms. The fraction of sp³-hybridized carbons (Fsp3) is 0.0909. The van der Waals surface area contributed by atoms with Gasteiger partial charge in [0.25, 0.3) is 5.69 Å². The summed E-state index contributed by atoms with van der Waals surface area (Å²) in [6, 6.07) is 18.1. The Morgan fingerprint density at radius 1 is 1.07 bits per heavy atom. The zero-order chi connectivity index (χ0) is 21.5. The fourth-order valence-corrected chi connectivity index (χ4v) is 2.56. The number of nitrogens with one attached hydrogen (secondary N) is 1. The minimum atomic E-state index is -0.723. The molecule has 0 saturated heterocycles. The smallest absolute Gasteiger partial charge is 0.343 e. The van der Waals surface area contributed by atoms with Crippen LogP contribution in [-0.2, 0) is 0 Å². The second-order valence-electron chi connectivity index (χ2n) is 6.34. The Morgan fingerprint density at radius 3 is 2.53 bits per heavy atom. The standard InChI is InChI=1S/C22H19N3O5/c1-15-6-9-18(10-7-15)24-23-14-16-8-11-20(21(12-16)29-2)30-22(26)17-4-3-5-19(13-17)25(27)28/h3-14,24H,1-2H3. The van der Waals surface area contributed by atoms with Crippen LogP contribution in [0.4, 0.5) is 11.4 Å². The first-order valence-corrected chi connectivity index (χ1v) is 8.96. The van der Waals surface area contributed by atoms with Gasteiger partial charge in [-0.25, -0.2) is 4.79 Å². The topological polar surface area (TPSA) is 103 Å². The summed E-state index contributed by atoms with van der Waals surface area (Å²) in [4.78, 5) is 22.7. The van der Waals surface area contributed by atoms with Crippen LogP contribution in [0.15, 0.2) is 71.8 Å². The van der Waals surface area contributed by atoms with Crippen molar-refractivity contribution >= 4 is 23.6 Å². The lowest BCUT2D eigenvalue weighted by atomic mass is 10.2. The molecule has 0 saturated carbocycles. The van der Waals surface area contributed by atoms with Gasteiger partial charge in [-0.15, -0.1) is 0 Å². The number of nitro groups is 1. The summed E-state index contributed by atoms with van der Waals surface area (Å²) >= 11 is 0. The van der Waals surface area contributed by atoms with Crippen molar-refractivity contribution in [1.29, 1.82) is 0 Å². The number of hydrazone groups is 1. The fourth-order valence-electron chi connectivity index (χ4n) is 2.56. The number of hydrogen-bond acceptors (Lipinski definition) is 7. The lowest BCUT2D eigenvalue weighted by Crippen LogP contribution is -2.09. The van der Waals surface area contributed by atoms with E-state index in [1.54, 1.807) is 24.4 Å². The maximum absolute atomic E-state index is 12.4. The van der Waals surface area contributed by atoms with Crippen LogP contribution in [0.2, 0.25) is 0 Å². The molecule has 0 aromatic heterocycles. The van der Waals surface area contributed by atoms with Crippen molar-refractivity contribution in [2.75, 3.05) is 12.5 Å². The number of aryl methyl sites for hydroxylation is 1. The lowest BCUT2D eigenvalue weighted by Gasteiger charge is -2.10. The highest BCUT2D eigenvalue weighted by Crippen LogP contribution is 2.28. The van der Waals surface area contributed by atoms with Gasteiger partial charge in [0.2, 0.25) is 0 Å². The molecule has 152 valence electrons. The third-order valence-electron chi connectivity index (χ3n) is 4.14. The van der Waals surface area contributed by atoms with Crippen molar-refractivity contribution in [3.63, 3.8) is 0 Å². The summed E-state index contributed by atoms with van der Waals surface area (Å²) in [7, 11) is 1.45. The summed E-state index contributed by atoms with van der Waals surface area (Å²) in [5.41, 5.74) is 5.54. The number of carbonyl (C=O) groups excluding carboxylic acids is 1. The Balaban J connectivity index is 1.71. The van der Waals surface area contributed by atoms with E-state index in [0.717, 1.165) is 22.9 Å². The summed E-state index contributed by atoms with van der Waals surface area (Å²) in [6.07, 6.45) is 1.61. The molecular formula is C22H19N3O5. The average Bonchev–Trinajstić information content (AvgIpc) is 2.76. The van der Waals surface area contributed by atoms with Gasteiger partial charge >= 0.3 is 5.97 Å². The minimum Gasteiger partial charge on any atom is -0.493 e. The van der Waals surface area contributed by atoms with Crippen LogP contribution < -0.4 is 14.9 Å². The van der Waals surface area contributed by atoms with E-state index in [4.69, 9.17) is 9.47 Å². The summed E-state index contributed by atoms with van der Waals surface area (Å²) in [5.74, 6) is -0.204. The maximum atomic E-state index is 12.4. The third kappa shape index (κ3) is 5.20. The van der Waals surface area contributed by atoms with E-state index in [1.165, 1.54) is 25.3 Å². The number of benzene rings is 3. The molecule has 0 fully saturated rings. The van der Waals surface area contributed by atoms with Crippen molar-refractivity contribution in [2.45, 2.75) is 6.92 Å². The van der Waals surface area contributed by atoms with Crippen molar-refractivity contribution < 1.29 is 19.2 Å².